The normalized spacial score (nSPS) is 24.3. The zero-order valence-electron chi connectivity index (χ0n) is 10.1. The first-order valence-corrected chi connectivity index (χ1v) is 6.07. The van der Waals surface area contributed by atoms with Crippen molar-refractivity contribution < 1.29 is 14.3 Å². The molecule has 1 fully saturated rings. The van der Waals surface area contributed by atoms with Crippen molar-refractivity contribution in [1.82, 2.24) is 0 Å². The number of carbonyl (C=O) groups is 1. The van der Waals surface area contributed by atoms with Gasteiger partial charge in [0.05, 0.1) is 25.7 Å². The number of rotatable bonds is 3. The highest BCUT2D eigenvalue weighted by atomic mass is 16.5. The van der Waals surface area contributed by atoms with Crippen LogP contribution in [0.1, 0.15) is 37.4 Å². The van der Waals surface area contributed by atoms with E-state index in [0.29, 0.717) is 6.42 Å². The van der Waals surface area contributed by atoms with Crippen LogP contribution in [0.5, 0.6) is 0 Å². The quantitative estimate of drug-likeness (QED) is 0.754. The van der Waals surface area contributed by atoms with Gasteiger partial charge in [0.25, 0.3) is 0 Å². The van der Waals surface area contributed by atoms with E-state index in [1.807, 2.05) is 18.2 Å². The van der Waals surface area contributed by atoms with Crippen LogP contribution in [-0.4, -0.2) is 19.2 Å². The summed E-state index contributed by atoms with van der Waals surface area (Å²) in [5.74, 6) is -0.191. The fourth-order valence-corrected chi connectivity index (χ4v) is 2.23. The van der Waals surface area contributed by atoms with Crippen molar-refractivity contribution in [2.24, 2.45) is 0 Å². The summed E-state index contributed by atoms with van der Waals surface area (Å²) < 4.78 is 10.6. The molecule has 3 nitrogen and oxygen atoms in total. The average molecular weight is 234 g/mol. The Kier molecular flexibility index (Phi) is 4.15. The largest absolute Gasteiger partial charge is 0.469 e. The van der Waals surface area contributed by atoms with E-state index in [2.05, 4.69) is 16.9 Å². The van der Waals surface area contributed by atoms with E-state index in [-0.39, 0.29) is 18.2 Å². The number of esters is 1. The van der Waals surface area contributed by atoms with Gasteiger partial charge in [-0.25, -0.2) is 0 Å². The topological polar surface area (TPSA) is 35.5 Å². The summed E-state index contributed by atoms with van der Waals surface area (Å²) in [7, 11) is 1.42. The van der Waals surface area contributed by atoms with E-state index in [1.165, 1.54) is 12.7 Å². The van der Waals surface area contributed by atoms with Crippen LogP contribution in [0.4, 0.5) is 0 Å². The maximum Gasteiger partial charge on any atom is 0.308 e. The third-order valence-electron chi connectivity index (χ3n) is 3.14. The summed E-state index contributed by atoms with van der Waals surface area (Å²) in [5.41, 5.74) is 1.20. The lowest BCUT2D eigenvalue weighted by molar-refractivity contribution is -0.147. The van der Waals surface area contributed by atoms with Crippen LogP contribution in [-0.2, 0) is 14.3 Å². The molecule has 0 N–H and O–H groups in total. The monoisotopic (exact) mass is 234 g/mol. The second-order valence-corrected chi connectivity index (χ2v) is 4.37. The van der Waals surface area contributed by atoms with Gasteiger partial charge in [-0.05, 0) is 24.8 Å². The van der Waals surface area contributed by atoms with Gasteiger partial charge in [0, 0.05) is 0 Å². The Bertz CT molecular complexity index is 361. The van der Waals surface area contributed by atoms with Crippen LogP contribution < -0.4 is 0 Å². The van der Waals surface area contributed by atoms with E-state index in [4.69, 9.17) is 4.74 Å². The molecule has 92 valence electrons. The van der Waals surface area contributed by atoms with Gasteiger partial charge in [-0.2, -0.15) is 0 Å². The standard InChI is InChI=1S/C14H18O3/c1-16-14(15)10-12-8-5-9-13(17-12)11-6-3-2-4-7-11/h2-4,6-7,12-13H,5,8-10H2,1H3/t12-,13+/m0/s1. The first-order valence-electron chi connectivity index (χ1n) is 6.07. The van der Waals surface area contributed by atoms with E-state index >= 15 is 0 Å². The molecule has 0 aliphatic carbocycles. The molecule has 0 unspecified atom stereocenters. The van der Waals surface area contributed by atoms with Crippen molar-refractivity contribution in [3.63, 3.8) is 0 Å². The molecule has 17 heavy (non-hydrogen) atoms. The van der Waals surface area contributed by atoms with Gasteiger partial charge in [0.1, 0.15) is 0 Å². The summed E-state index contributed by atoms with van der Waals surface area (Å²) in [6.07, 6.45) is 3.56. The molecule has 2 rings (SSSR count). The smallest absolute Gasteiger partial charge is 0.308 e. The minimum Gasteiger partial charge on any atom is -0.469 e. The Morgan fingerprint density at radius 1 is 1.35 bits per heavy atom. The van der Waals surface area contributed by atoms with Crippen molar-refractivity contribution in [2.75, 3.05) is 7.11 Å². The summed E-state index contributed by atoms with van der Waals surface area (Å²) in [4.78, 5) is 11.2. The Labute approximate surface area is 102 Å². The number of ether oxygens (including phenoxy) is 2. The second kappa shape index (κ2) is 5.82. The molecule has 0 radical (unpaired) electrons. The van der Waals surface area contributed by atoms with Crippen LogP contribution in [0.15, 0.2) is 30.3 Å². The molecule has 3 heteroatoms. The van der Waals surface area contributed by atoms with Gasteiger partial charge in [-0.1, -0.05) is 30.3 Å². The van der Waals surface area contributed by atoms with Crippen LogP contribution in [0.3, 0.4) is 0 Å². The van der Waals surface area contributed by atoms with Gasteiger partial charge >= 0.3 is 5.97 Å². The fraction of sp³-hybridized carbons (Fsp3) is 0.500. The molecule has 1 saturated heterocycles. The molecule has 1 aliphatic heterocycles. The van der Waals surface area contributed by atoms with Crippen molar-refractivity contribution in [3.8, 4) is 0 Å². The molecule has 0 saturated carbocycles. The number of benzene rings is 1. The van der Waals surface area contributed by atoms with Crippen molar-refractivity contribution in [3.05, 3.63) is 35.9 Å². The molecule has 0 aromatic heterocycles. The summed E-state index contributed by atoms with van der Waals surface area (Å²) >= 11 is 0. The van der Waals surface area contributed by atoms with E-state index < -0.39 is 0 Å². The van der Waals surface area contributed by atoms with E-state index in [9.17, 15) is 4.79 Å². The molecule has 0 bridgehead atoms. The van der Waals surface area contributed by atoms with Gasteiger partial charge in [0.15, 0.2) is 0 Å². The molecule has 0 amide bonds. The Morgan fingerprint density at radius 2 is 2.12 bits per heavy atom. The first-order chi connectivity index (χ1) is 8.29. The maximum atomic E-state index is 11.2. The summed E-state index contributed by atoms with van der Waals surface area (Å²) in [6, 6.07) is 10.2. The zero-order valence-corrected chi connectivity index (χ0v) is 10.1. The molecular weight excluding hydrogens is 216 g/mol. The van der Waals surface area contributed by atoms with Gasteiger partial charge in [-0.3, -0.25) is 4.79 Å². The van der Waals surface area contributed by atoms with Gasteiger partial charge in [0.2, 0.25) is 0 Å². The number of hydrogen-bond acceptors (Lipinski definition) is 3. The Balaban J connectivity index is 1.95. The fourth-order valence-electron chi connectivity index (χ4n) is 2.23. The summed E-state index contributed by atoms with van der Waals surface area (Å²) in [5, 5.41) is 0. The minimum atomic E-state index is -0.191. The Morgan fingerprint density at radius 3 is 2.82 bits per heavy atom. The van der Waals surface area contributed by atoms with Crippen LogP contribution >= 0.6 is 0 Å². The van der Waals surface area contributed by atoms with Crippen molar-refractivity contribution in [2.45, 2.75) is 37.9 Å². The van der Waals surface area contributed by atoms with Gasteiger partial charge in [-0.15, -0.1) is 0 Å². The highest BCUT2D eigenvalue weighted by molar-refractivity contribution is 5.69. The predicted octanol–water partition coefficient (Wildman–Crippen LogP) is 2.86. The number of methoxy groups -OCH3 is 1. The highest BCUT2D eigenvalue weighted by Gasteiger charge is 2.25. The van der Waals surface area contributed by atoms with E-state index in [0.717, 1.165) is 19.3 Å². The molecule has 0 spiro atoms. The summed E-state index contributed by atoms with van der Waals surface area (Å²) in [6.45, 7) is 0. The van der Waals surface area contributed by atoms with Crippen LogP contribution in [0, 0.1) is 0 Å². The lowest BCUT2D eigenvalue weighted by atomic mass is 9.97. The van der Waals surface area contributed by atoms with Crippen LogP contribution in [0.25, 0.3) is 0 Å². The number of hydrogen-bond donors (Lipinski definition) is 0. The predicted molar refractivity (Wildman–Crippen MR) is 64.5 cm³/mol. The lowest BCUT2D eigenvalue weighted by Gasteiger charge is -2.29. The van der Waals surface area contributed by atoms with Crippen molar-refractivity contribution >= 4 is 5.97 Å². The zero-order chi connectivity index (χ0) is 12.1. The Hall–Kier alpha value is -1.35. The van der Waals surface area contributed by atoms with Crippen molar-refractivity contribution in [1.29, 1.82) is 0 Å². The SMILES string of the molecule is COC(=O)C[C@@H]1CCC[C@H](c2ccccc2)O1. The highest BCUT2D eigenvalue weighted by Crippen LogP contribution is 2.32. The van der Waals surface area contributed by atoms with Gasteiger partial charge < -0.3 is 9.47 Å². The molecule has 1 aliphatic rings. The second-order valence-electron chi connectivity index (χ2n) is 4.37. The van der Waals surface area contributed by atoms with E-state index in [1.54, 1.807) is 0 Å². The maximum absolute atomic E-state index is 11.2. The molecule has 1 aromatic carbocycles. The first kappa shape index (κ1) is 12.1. The minimum absolute atomic E-state index is 0.00130. The van der Waals surface area contributed by atoms with Crippen LogP contribution in [0.2, 0.25) is 0 Å². The average Bonchev–Trinajstić information content (AvgIpc) is 2.40. The molecule has 1 aromatic rings. The third-order valence-corrected chi connectivity index (χ3v) is 3.14. The lowest BCUT2D eigenvalue weighted by Crippen LogP contribution is -2.25. The molecule has 2 atom stereocenters. The molecular formula is C14H18O3. The third kappa shape index (κ3) is 3.30. The number of carbonyl (C=O) groups excluding carboxylic acids is 1. The molecule has 1 heterocycles.